The first-order chi connectivity index (χ1) is 12.2. The van der Waals surface area contributed by atoms with Crippen molar-refractivity contribution in [1.82, 2.24) is 10.6 Å². The molecule has 2 rings (SSSR count). The highest BCUT2D eigenvalue weighted by Gasteiger charge is 2.07. The summed E-state index contributed by atoms with van der Waals surface area (Å²) in [5.41, 5.74) is 2.08. The van der Waals surface area contributed by atoms with Crippen molar-refractivity contribution in [1.29, 1.82) is 0 Å². The molecule has 0 aliphatic carbocycles. The first-order valence-electron chi connectivity index (χ1n) is 8.15. The highest BCUT2D eigenvalue weighted by molar-refractivity contribution is 14.0. The minimum Gasteiger partial charge on any atom is -0.496 e. The predicted molar refractivity (Wildman–Crippen MR) is 118 cm³/mol. The quantitative estimate of drug-likeness (QED) is 0.347. The van der Waals surface area contributed by atoms with Crippen LogP contribution in [0.3, 0.4) is 0 Å². The number of hydrogen-bond acceptors (Lipinski definition) is 3. The van der Waals surface area contributed by atoms with Gasteiger partial charge in [0.15, 0.2) is 5.96 Å². The Hall–Kier alpha value is -1.67. The lowest BCUT2D eigenvalue weighted by atomic mass is 10.2. The molecule has 0 aromatic heterocycles. The highest BCUT2D eigenvalue weighted by Crippen LogP contribution is 2.23. The molecule has 0 heterocycles. The van der Waals surface area contributed by atoms with Gasteiger partial charge in [0.1, 0.15) is 11.5 Å². The standard InChI is InChI=1S/C19H24ClN3O2.HI/c1-4-25-18-11-16(20)10-9-15(18)13-23-19(21-2)22-12-14-7-5-6-8-17(14)24-3;/h5-11H,4,12-13H2,1-3H3,(H2,21,22,23);1H. The van der Waals surface area contributed by atoms with E-state index in [1.54, 1.807) is 14.2 Å². The molecule has 0 fully saturated rings. The van der Waals surface area contributed by atoms with E-state index in [9.17, 15) is 0 Å². The van der Waals surface area contributed by atoms with Gasteiger partial charge >= 0.3 is 0 Å². The molecule has 0 atom stereocenters. The molecule has 0 radical (unpaired) electrons. The van der Waals surface area contributed by atoms with Crippen LogP contribution < -0.4 is 20.1 Å². The minimum atomic E-state index is 0. The zero-order valence-corrected chi connectivity index (χ0v) is 18.3. The number of nitrogens with one attached hydrogen (secondary N) is 2. The molecule has 2 N–H and O–H groups in total. The molecule has 0 bridgehead atoms. The lowest BCUT2D eigenvalue weighted by molar-refractivity contribution is 0.336. The number of benzene rings is 2. The molecular formula is C19H25ClIN3O2. The molecule has 0 saturated heterocycles. The largest absolute Gasteiger partial charge is 0.496 e. The van der Waals surface area contributed by atoms with Crippen LogP contribution in [0.25, 0.3) is 0 Å². The molecule has 0 unspecified atom stereocenters. The number of para-hydroxylation sites is 1. The number of guanidine groups is 1. The van der Waals surface area contributed by atoms with Crippen molar-refractivity contribution in [3.63, 3.8) is 0 Å². The smallest absolute Gasteiger partial charge is 0.191 e. The molecule has 7 heteroatoms. The Kier molecular flexibility index (Phi) is 10.2. The van der Waals surface area contributed by atoms with Crippen molar-refractivity contribution in [3.8, 4) is 11.5 Å². The van der Waals surface area contributed by atoms with Gasteiger partial charge in [-0.1, -0.05) is 35.9 Å². The van der Waals surface area contributed by atoms with E-state index in [0.717, 1.165) is 22.6 Å². The fraction of sp³-hybridized carbons (Fsp3) is 0.316. The van der Waals surface area contributed by atoms with Gasteiger partial charge < -0.3 is 20.1 Å². The van der Waals surface area contributed by atoms with Crippen LogP contribution in [0.4, 0.5) is 0 Å². The van der Waals surface area contributed by atoms with Crippen LogP contribution in [0, 0.1) is 0 Å². The number of aliphatic imine (C=N–C) groups is 1. The molecular weight excluding hydrogens is 465 g/mol. The molecule has 142 valence electrons. The van der Waals surface area contributed by atoms with Crippen molar-refractivity contribution in [3.05, 3.63) is 58.6 Å². The maximum atomic E-state index is 6.04. The fourth-order valence-corrected chi connectivity index (χ4v) is 2.55. The molecule has 0 amide bonds. The monoisotopic (exact) mass is 489 g/mol. The van der Waals surface area contributed by atoms with Crippen molar-refractivity contribution >= 4 is 41.5 Å². The molecule has 5 nitrogen and oxygen atoms in total. The second-order valence-corrected chi connectivity index (χ2v) is 5.71. The first kappa shape index (κ1) is 22.4. The van der Waals surface area contributed by atoms with Gasteiger partial charge in [0.25, 0.3) is 0 Å². The number of nitrogens with zero attached hydrogens (tertiary/aromatic N) is 1. The van der Waals surface area contributed by atoms with E-state index in [0.29, 0.717) is 30.7 Å². The van der Waals surface area contributed by atoms with Crippen LogP contribution in [0.1, 0.15) is 18.1 Å². The van der Waals surface area contributed by atoms with Crippen LogP contribution in [-0.2, 0) is 13.1 Å². The van der Waals surface area contributed by atoms with E-state index in [2.05, 4.69) is 15.6 Å². The van der Waals surface area contributed by atoms with Crippen molar-refractivity contribution in [2.45, 2.75) is 20.0 Å². The van der Waals surface area contributed by atoms with Gasteiger partial charge in [-0.3, -0.25) is 4.99 Å². The summed E-state index contributed by atoms with van der Waals surface area (Å²) in [5, 5.41) is 7.23. The molecule has 0 aliphatic heterocycles. The van der Waals surface area contributed by atoms with Gasteiger partial charge in [-0.25, -0.2) is 0 Å². The van der Waals surface area contributed by atoms with E-state index >= 15 is 0 Å². The summed E-state index contributed by atoms with van der Waals surface area (Å²) in [7, 11) is 3.41. The second kappa shape index (κ2) is 11.9. The van der Waals surface area contributed by atoms with E-state index < -0.39 is 0 Å². The Bertz CT molecular complexity index is 726. The van der Waals surface area contributed by atoms with Gasteiger partial charge in [-0.15, -0.1) is 24.0 Å². The number of rotatable bonds is 7. The zero-order valence-electron chi connectivity index (χ0n) is 15.2. The summed E-state index contributed by atoms with van der Waals surface area (Å²) in [6.45, 7) is 3.74. The van der Waals surface area contributed by atoms with Crippen LogP contribution in [-0.4, -0.2) is 26.7 Å². The van der Waals surface area contributed by atoms with Crippen LogP contribution in [0.2, 0.25) is 5.02 Å². The third-order valence-corrected chi connectivity index (χ3v) is 3.87. The Labute approximate surface area is 177 Å². The SMILES string of the molecule is CCOc1cc(Cl)ccc1CNC(=NC)NCc1ccccc1OC.I. The second-order valence-electron chi connectivity index (χ2n) is 5.28. The Morgan fingerprint density at radius 1 is 1.04 bits per heavy atom. The topological polar surface area (TPSA) is 54.9 Å². The molecule has 0 aliphatic rings. The molecule has 2 aromatic carbocycles. The number of ether oxygens (including phenoxy) is 2. The number of methoxy groups -OCH3 is 1. The molecule has 0 saturated carbocycles. The Morgan fingerprint density at radius 3 is 2.31 bits per heavy atom. The Balaban J connectivity index is 0.00000338. The van der Waals surface area contributed by atoms with E-state index in [4.69, 9.17) is 21.1 Å². The fourth-order valence-electron chi connectivity index (χ4n) is 2.39. The zero-order chi connectivity index (χ0) is 18.1. The summed E-state index contributed by atoms with van der Waals surface area (Å²) in [6, 6.07) is 13.5. The molecule has 2 aromatic rings. The summed E-state index contributed by atoms with van der Waals surface area (Å²) >= 11 is 6.04. The number of hydrogen-bond donors (Lipinski definition) is 2. The summed E-state index contributed by atoms with van der Waals surface area (Å²) < 4.78 is 11.0. The maximum absolute atomic E-state index is 6.04. The van der Waals surface area contributed by atoms with E-state index in [-0.39, 0.29) is 24.0 Å². The maximum Gasteiger partial charge on any atom is 0.191 e. The summed E-state index contributed by atoms with van der Waals surface area (Å²) in [5.74, 6) is 2.33. The van der Waals surface area contributed by atoms with E-state index in [1.807, 2.05) is 49.4 Å². The lowest BCUT2D eigenvalue weighted by Gasteiger charge is -2.15. The van der Waals surface area contributed by atoms with Gasteiger partial charge in [0.2, 0.25) is 0 Å². The van der Waals surface area contributed by atoms with Gasteiger partial charge in [-0.2, -0.15) is 0 Å². The van der Waals surface area contributed by atoms with Crippen molar-refractivity contribution in [2.75, 3.05) is 20.8 Å². The third-order valence-electron chi connectivity index (χ3n) is 3.64. The summed E-state index contributed by atoms with van der Waals surface area (Å²) in [4.78, 5) is 4.25. The third kappa shape index (κ3) is 6.57. The predicted octanol–water partition coefficient (Wildman–Crippen LogP) is 4.23. The number of halogens is 2. The average Bonchev–Trinajstić information content (AvgIpc) is 2.63. The van der Waals surface area contributed by atoms with Gasteiger partial charge in [-0.05, 0) is 25.1 Å². The highest BCUT2D eigenvalue weighted by atomic mass is 127. The first-order valence-corrected chi connectivity index (χ1v) is 8.53. The van der Waals surface area contributed by atoms with Crippen LogP contribution >= 0.6 is 35.6 Å². The van der Waals surface area contributed by atoms with Gasteiger partial charge in [0, 0.05) is 36.3 Å². The Morgan fingerprint density at radius 2 is 1.69 bits per heavy atom. The van der Waals surface area contributed by atoms with Crippen LogP contribution in [0.15, 0.2) is 47.5 Å². The summed E-state index contributed by atoms with van der Waals surface area (Å²) in [6.07, 6.45) is 0. The minimum absolute atomic E-state index is 0. The normalized spacial score (nSPS) is 10.7. The molecule has 0 spiro atoms. The van der Waals surface area contributed by atoms with Gasteiger partial charge in [0.05, 0.1) is 13.7 Å². The van der Waals surface area contributed by atoms with E-state index in [1.165, 1.54) is 0 Å². The molecule has 26 heavy (non-hydrogen) atoms. The van der Waals surface area contributed by atoms with Crippen LogP contribution in [0.5, 0.6) is 11.5 Å². The average molecular weight is 490 g/mol. The van der Waals surface area contributed by atoms with Crippen molar-refractivity contribution in [2.24, 2.45) is 4.99 Å². The lowest BCUT2D eigenvalue weighted by Crippen LogP contribution is -2.36. The van der Waals surface area contributed by atoms with Crippen molar-refractivity contribution < 1.29 is 9.47 Å².